The lowest BCUT2D eigenvalue weighted by Crippen LogP contribution is -2.52. The predicted molar refractivity (Wildman–Crippen MR) is 106 cm³/mol. The van der Waals surface area contributed by atoms with Gasteiger partial charge in [0.15, 0.2) is 0 Å². The number of amides is 2. The molecule has 27 heavy (non-hydrogen) atoms. The summed E-state index contributed by atoms with van der Waals surface area (Å²) in [6.07, 6.45) is 3.45. The molecule has 2 aromatic rings. The van der Waals surface area contributed by atoms with Crippen LogP contribution in [0.4, 0.5) is 9.18 Å². The smallest absolute Gasteiger partial charge is 0.317 e. The van der Waals surface area contributed by atoms with E-state index in [4.69, 9.17) is 0 Å². The van der Waals surface area contributed by atoms with Gasteiger partial charge in [0, 0.05) is 37.6 Å². The molecule has 1 saturated carbocycles. The third-order valence-corrected chi connectivity index (χ3v) is 6.61. The highest BCUT2D eigenvalue weighted by molar-refractivity contribution is 7.09. The summed E-state index contributed by atoms with van der Waals surface area (Å²) in [6.45, 7) is 4.26. The van der Waals surface area contributed by atoms with Crippen LogP contribution in [0.3, 0.4) is 0 Å². The molecule has 1 aromatic carbocycles. The Bertz CT molecular complexity index is 737. The Labute approximate surface area is 164 Å². The number of carbonyl (C=O) groups excluding carboxylic acids is 1. The first-order chi connectivity index (χ1) is 13.2. The van der Waals surface area contributed by atoms with Crippen LogP contribution < -0.4 is 5.32 Å². The van der Waals surface area contributed by atoms with Gasteiger partial charge in [-0.05, 0) is 47.9 Å². The summed E-state index contributed by atoms with van der Waals surface area (Å²) in [5.41, 5.74) is 1.01. The molecule has 2 heterocycles. The number of nitrogens with zero attached hydrogens (tertiary/aromatic N) is 2. The van der Waals surface area contributed by atoms with Crippen LogP contribution in [0.1, 0.15) is 35.7 Å². The quantitative estimate of drug-likeness (QED) is 0.832. The van der Waals surface area contributed by atoms with Crippen molar-refractivity contribution in [2.24, 2.45) is 5.92 Å². The average Bonchev–Trinajstić information content (AvgIpc) is 3.14. The minimum Gasteiger partial charge on any atom is -0.331 e. The summed E-state index contributed by atoms with van der Waals surface area (Å²) in [4.78, 5) is 18.5. The van der Waals surface area contributed by atoms with Gasteiger partial charge >= 0.3 is 6.03 Å². The van der Waals surface area contributed by atoms with Crippen LogP contribution in [0, 0.1) is 11.7 Å². The average molecular weight is 388 g/mol. The minimum atomic E-state index is -0.237. The molecule has 2 amide bonds. The summed E-state index contributed by atoms with van der Waals surface area (Å²) >= 11 is 1.78. The van der Waals surface area contributed by atoms with E-state index in [-0.39, 0.29) is 17.9 Å². The van der Waals surface area contributed by atoms with Gasteiger partial charge in [-0.15, -0.1) is 11.3 Å². The summed E-state index contributed by atoms with van der Waals surface area (Å²) in [6, 6.07) is 10.8. The van der Waals surface area contributed by atoms with Crippen LogP contribution in [-0.2, 0) is 6.54 Å². The number of nitrogens with one attached hydrogen (secondary N) is 1. The van der Waals surface area contributed by atoms with E-state index in [9.17, 15) is 9.18 Å². The van der Waals surface area contributed by atoms with Gasteiger partial charge < -0.3 is 10.2 Å². The lowest BCUT2D eigenvalue weighted by Gasteiger charge is -2.38. The maximum atomic E-state index is 13.3. The second-order valence-electron chi connectivity index (χ2n) is 7.51. The zero-order valence-corrected chi connectivity index (χ0v) is 16.3. The van der Waals surface area contributed by atoms with Crippen molar-refractivity contribution in [2.45, 2.75) is 31.8 Å². The van der Waals surface area contributed by atoms with Crippen molar-refractivity contribution < 1.29 is 9.18 Å². The normalized spacial score (nSPS) is 19.5. The van der Waals surface area contributed by atoms with Crippen LogP contribution in [0.25, 0.3) is 0 Å². The summed E-state index contributed by atoms with van der Waals surface area (Å²) in [5.74, 6) is 0.221. The van der Waals surface area contributed by atoms with Crippen LogP contribution in [0.2, 0.25) is 0 Å². The van der Waals surface area contributed by atoms with E-state index >= 15 is 0 Å². The van der Waals surface area contributed by atoms with Crippen LogP contribution in [0.15, 0.2) is 41.8 Å². The fraction of sp³-hybridized carbons (Fsp3) is 0.476. The van der Waals surface area contributed by atoms with Gasteiger partial charge in [-0.25, -0.2) is 9.18 Å². The molecule has 1 unspecified atom stereocenters. The first-order valence-electron chi connectivity index (χ1n) is 9.75. The number of carbonyl (C=O) groups is 1. The largest absolute Gasteiger partial charge is 0.331 e. The van der Waals surface area contributed by atoms with Gasteiger partial charge in [-0.3, -0.25) is 4.90 Å². The van der Waals surface area contributed by atoms with Crippen molar-refractivity contribution in [1.29, 1.82) is 0 Å². The van der Waals surface area contributed by atoms with Gasteiger partial charge in [-0.2, -0.15) is 0 Å². The Morgan fingerprint density at radius 1 is 1.15 bits per heavy atom. The molecule has 4 rings (SSSR count). The zero-order chi connectivity index (χ0) is 18.6. The maximum Gasteiger partial charge on any atom is 0.317 e. The molecule has 1 saturated heterocycles. The van der Waals surface area contributed by atoms with E-state index in [0.29, 0.717) is 5.92 Å². The van der Waals surface area contributed by atoms with E-state index in [2.05, 4.69) is 27.7 Å². The number of urea groups is 1. The molecule has 0 bridgehead atoms. The van der Waals surface area contributed by atoms with Crippen molar-refractivity contribution in [3.8, 4) is 0 Å². The lowest BCUT2D eigenvalue weighted by atomic mass is 9.77. The lowest BCUT2D eigenvalue weighted by molar-refractivity contribution is 0.128. The maximum absolute atomic E-state index is 13.3. The van der Waals surface area contributed by atoms with Gasteiger partial charge in [0.25, 0.3) is 0 Å². The van der Waals surface area contributed by atoms with Gasteiger partial charge in [-0.1, -0.05) is 24.6 Å². The molecular formula is C21H26FN3OS. The van der Waals surface area contributed by atoms with Crippen LogP contribution in [-0.4, -0.2) is 42.0 Å². The highest BCUT2D eigenvalue weighted by Crippen LogP contribution is 2.37. The third kappa shape index (κ3) is 4.50. The van der Waals surface area contributed by atoms with Crippen molar-refractivity contribution >= 4 is 17.4 Å². The highest BCUT2D eigenvalue weighted by Gasteiger charge is 2.31. The molecule has 144 valence electrons. The molecule has 1 atom stereocenters. The highest BCUT2D eigenvalue weighted by atomic mass is 32.1. The molecular weight excluding hydrogens is 361 g/mol. The van der Waals surface area contributed by atoms with Crippen molar-refractivity contribution in [3.63, 3.8) is 0 Å². The molecule has 1 aromatic heterocycles. The van der Waals surface area contributed by atoms with Gasteiger partial charge in [0.05, 0.1) is 6.04 Å². The molecule has 4 nitrogen and oxygen atoms in total. The molecule has 2 fully saturated rings. The first kappa shape index (κ1) is 18.4. The summed E-state index contributed by atoms with van der Waals surface area (Å²) < 4.78 is 13.3. The Kier molecular flexibility index (Phi) is 5.74. The van der Waals surface area contributed by atoms with Crippen molar-refractivity contribution in [1.82, 2.24) is 15.1 Å². The number of thiophene rings is 1. The molecule has 0 radical (unpaired) electrons. The Morgan fingerprint density at radius 2 is 1.89 bits per heavy atom. The molecule has 1 aliphatic heterocycles. The molecule has 6 heteroatoms. The van der Waals surface area contributed by atoms with E-state index in [1.54, 1.807) is 23.5 Å². The van der Waals surface area contributed by atoms with Crippen molar-refractivity contribution in [2.75, 3.05) is 26.2 Å². The first-order valence-corrected chi connectivity index (χ1v) is 10.6. The van der Waals surface area contributed by atoms with Crippen LogP contribution in [0.5, 0.6) is 0 Å². The second kappa shape index (κ2) is 8.40. The monoisotopic (exact) mass is 387 g/mol. The predicted octanol–water partition coefficient (Wildman–Crippen LogP) is 4.26. The minimum absolute atomic E-state index is 0.00648. The zero-order valence-electron chi connectivity index (χ0n) is 15.4. The fourth-order valence-corrected chi connectivity index (χ4v) is 4.62. The SMILES string of the molecule is O=C(NC(c1ccc(F)cc1)C1CCC1)N1CCN(Cc2cccs2)CC1. The van der Waals surface area contributed by atoms with Crippen molar-refractivity contribution in [3.05, 3.63) is 58.0 Å². The number of benzene rings is 1. The summed E-state index contributed by atoms with van der Waals surface area (Å²) in [7, 11) is 0. The molecule has 1 N–H and O–H groups in total. The van der Waals surface area contributed by atoms with Gasteiger partial charge in [0.1, 0.15) is 5.82 Å². The number of halogens is 1. The standard InChI is InChI=1S/C21H26FN3OS/c22-18-8-6-17(7-9-18)20(16-3-1-4-16)23-21(26)25-12-10-24(11-13-25)15-19-5-2-14-27-19/h2,5-9,14,16,20H,1,3-4,10-13,15H2,(H,23,26). The second-order valence-corrected chi connectivity index (χ2v) is 8.54. The molecule has 2 aliphatic rings. The van der Waals surface area contributed by atoms with E-state index < -0.39 is 0 Å². The topological polar surface area (TPSA) is 35.6 Å². The number of rotatable bonds is 5. The number of piperazine rings is 1. The van der Waals surface area contributed by atoms with Crippen LogP contribution >= 0.6 is 11.3 Å². The Hall–Kier alpha value is -1.92. The van der Waals surface area contributed by atoms with E-state index in [0.717, 1.165) is 51.1 Å². The molecule has 1 aliphatic carbocycles. The van der Waals surface area contributed by atoms with E-state index in [1.807, 2.05) is 4.90 Å². The van der Waals surface area contributed by atoms with Gasteiger partial charge in [0.2, 0.25) is 0 Å². The summed E-state index contributed by atoms with van der Waals surface area (Å²) in [5, 5.41) is 5.34. The third-order valence-electron chi connectivity index (χ3n) is 5.75. The Balaban J connectivity index is 1.33. The molecule has 0 spiro atoms. The number of hydrogen-bond donors (Lipinski definition) is 1. The fourth-order valence-electron chi connectivity index (χ4n) is 3.87. The van der Waals surface area contributed by atoms with E-state index in [1.165, 1.54) is 23.4 Å². The number of hydrogen-bond acceptors (Lipinski definition) is 3. The Morgan fingerprint density at radius 3 is 2.48 bits per heavy atom.